The molecule has 1 aliphatic heterocycles. The molecule has 1 unspecified atom stereocenters. The minimum atomic E-state index is 0.0896. The van der Waals surface area contributed by atoms with Gasteiger partial charge in [-0.05, 0) is 26.7 Å². The first-order valence-electron chi connectivity index (χ1n) is 7.15. The number of carbonyl (C=O) groups excluding carboxylic acids is 1. The van der Waals surface area contributed by atoms with Crippen LogP contribution in [0.5, 0.6) is 0 Å². The molecule has 112 valence electrons. The van der Waals surface area contributed by atoms with Gasteiger partial charge in [0.2, 0.25) is 11.0 Å². The van der Waals surface area contributed by atoms with Crippen molar-refractivity contribution in [1.82, 2.24) is 14.3 Å². The average Bonchev–Trinajstić information content (AvgIpc) is 2.70. The maximum absolute atomic E-state index is 12.1. The molecule has 1 aromatic heterocycles. The molecule has 0 aliphatic carbocycles. The highest BCUT2D eigenvalue weighted by molar-refractivity contribution is 7.09. The largest absolute Gasteiger partial charge is 0.345 e. The van der Waals surface area contributed by atoms with Crippen molar-refractivity contribution in [2.24, 2.45) is 5.73 Å². The number of anilines is 1. The van der Waals surface area contributed by atoms with Gasteiger partial charge >= 0.3 is 0 Å². The first kappa shape index (κ1) is 15.2. The monoisotopic (exact) mass is 297 g/mol. The maximum Gasteiger partial charge on any atom is 0.222 e. The molecule has 7 heteroatoms. The van der Waals surface area contributed by atoms with Crippen LogP contribution in [-0.4, -0.2) is 52.4 Å². The molecule has 1 amide bonds. The molecule has 20 heavy (non-hydrogen) atoms. The van der Waals surface area contributed by atoms with Crippen molar-refractivity contribution >= 4 is 22.6 Å². The molecule has 1 aliphatic rings. The van der Waals surface area contributed by atoms with Gasteiger partial charge in [-0.3, -0.25) is 4.79 Å². The van der Waals surface area contributed by atoms with Gasteiger partial charge in [-0.25, -0.2) is 4.98 Å². The van der Waals surface area contributed by atoms with Crippen LogP contribution in [0.25, 0.3) is 0 Å². The molecule has 0 aromatic carbocycles. The van der Waals surface area contributed by atoms with E-state index >= 15 is 0 Å². The molecule has 0 radical (unpaired) electrons. The predicted octanol–water partition coefficient (Wildman–Crippen LogP) is 1.01. The lowest BCUT2D eigenvalue weighted by molar-refractivity contribution is -0.131. The predicted molar refractivity (Wildman–Crippen MR) is 80.9 cm³/mol. The van der Waals surface area contributed by atoms with E-state index in [2.05, 4.69) is 14.3 Å². The van der Waals surface area contributed by atoms with Crippen LogP contribution in [0.2, 0.25) is 0 Å². The zero-order valence-corrected chi connectivity index (χ0v) is 13.0. The van der Waals surface area contributed by atoms with Crippen LogP contribution in [0.4, 0.5) is 5.13 Å². The van der Waals surface area contributed by atoms with Gasteiger partial charge in [-0.15, -0.1) is 0 Å². The summed E-state index contributed by atoms with van der Waals surface area (Å²) < 4.78 is 4.22. The van der Waals surface area contributed by atoms with E-state index in [1.54, 1.807) is 0 Å². The summed E-state index contributed by atoms with van der Waals surface area (Å²) in [5.74, 6) is 1.04. The fraction of sp³-hybridized carbons (Fsp3) is 0.769. The van der Waals surface area contributed by atoms with E-state index in [1.807, 2.05) is 18.7 Å². The van der Waals surface area contributed by atoms with Crippen molar-refractivity contribution in [3.05, 3.63) is 5.82 Å². The van der Waals surface area contributed by atoms with E-state index in [0.717, 1.165) is 50.0 Å². The van der Waals surface area contributed by atoms with Gasteiger partial charge in [-0.2, -0.15) is 4.37 Å². The van der Waals surface area contributed by atoms with Crippen molar-refractivity contribution in [3.63, 3.8) is 0 Å². The summed E-state index contributed by atoms with van der Waals surface area (Å²) >= 11 is 1.43. The van der Waals surface area contributed by atoms with Crippen LogP contribution < -0.4 is 10.6 Å². The molecule has 6 nitrogen and oxygen atoms in total. The topological polar surface area (TPSA) is 75.4 Å². The van der Waals surface area contributed by atoms with Crippen molar-refractivity contribution in [3.8, 4) is 0 Å². The number of amides is 1. The molecule has 2 heterocycles. The number of aromatic nitrogens is 2. The number of hydrogen-bond acceptors (Lipinski definition) is 6. The summed E-state index contributed by atoms with van der Waals surface area (Å²) in [5, 5.41) is 0.965. The number of nitrogens with zero attached hydrogens (tertiary/aromatic N) is 4. The lowest BCUT2D eigenvalue weighted by atomic mass is 10.2. The minimum Gasteiger partial charge on any atom is -0.345 e. The standard InChI is InChI=1S/C13H23N5OS/c1-10(14)4-5-12(19)17-6-3-7-18(9-8-17)13-15-11(2)16-20-13/h10H,3-9,14H2,1-2H3. The van der Waals surface area contributed by atoms with Gasteiger partial charge in [0, 0.05) is 50.2 Å². The van der Waals surface area contributed by atoms with Crippen molar-refractivity contribution in [2.75, 3.05) is 31.1 Å². The second-order valence-corrected chi connectivity index (χ2v) is 6.09. The van der Waals surface area contributed by atoms with Gasteiger partial charge < -0.3 is 15.5 Å². The van der Waals surface area contributed by atoms with Gasteiger partial charge in [0.15, 0.2) is 0 Å². The molecule has 1 fully saturated rings. The van der Waals surface area contributed by atoms with Gasteiger partial charge in [0.05, 0.1) is 0 Å². The number of nitrogens with two attached hydrogens (primary N) is 1. The lowest BCUT2D eigenvalue weighted by Gasteiger charge is -2.21. The molecular formula is C13H23N5OS. The summed E-state index contributed by atoms with van der Waals surface area (Å²) in [6, 6.07) is 0.0896. The smallest absolute Gasteiger partial charge is 0.222 e. The number of hydrogen-bond donors (Lipinski definition) is 1. The molecule has 2 N–H and O–H groups in total. The molecule has 0 saturated carbocycles. The SMILES string of the molecule is Cc1nsc(N2CCCN(C(=O)CCC(C)N)CC2)n1. The summed E-state index contributed by atoms with van der Waals surface area (Å²) in [6.07, 6.45) is 2.28. The quantitative estimate of drug-likeness (QED) is 0.898. The molecule has 0 spiro atoms. The summed E-state index contributed by atoms with van der Waals surface area (Å²) in [6.45, 7) is 7.20. The van der Waals surface area contributed by atoms with Crippen molar-refractivity contribution < 1.29 is 4.79 Å². The number of rotatable bonds is 4. The zero-order valence-electron chi connectivity index (χ0n) is 12.2. The van der Waals surface area contributed by atoms with Crippen molar-refractivity contribution in [2.45, 2.75) is 39.2 Å². The van der Waals surface area contributed by atoms with Crippen molar-refractivity contribution in [1.29, 1.82) is 0 Å². The highest BCUT2D eigenvalue weighted by Crippen LogP contribution is 2.19. The average molecular weight is 297 g/mol. The Hall–Kier alpha value is -1.21. The third-order valence-corrected chi connectivity index (χ3v) is 4.32. The van der Waals surface area contributed by atoms with Crippen LogP contribution in [0.15, 0.2) is 0 Å². The van der Waals surface area contributed by atoms with Gasteiger partial charge in [0.1, 0.15) is 5.82 Å². The first-order valence-corrected chi connectivity index (χ1v) is 7.92. The summed E-state index contributed by atoms with van der Waals surface area (Å²) in [4.78, 5) is 20.7. The molecule has 1 atom stereocenters. The molecule has 2 rings (SSSR count). The summed E-state index contributed by atoms with van der Waals surface area (Å²) in [5.41, 5.74) is 5.71. The van der Waals surface area contributed by atoms with E-state index < -0.39 is 0 Å². The Balaban J connectivity index is 1.87. The fourth-order valence-electron chi connectivity index (χ4n) is 2.28. The Kier molecular flexibility index (Phi) is 5.31. The molecular weight excluding hydrogens is 274 g/mol. The number of aryl methyl sites for hydroxylation is 1. The Morgan fingerprint density at radius 3 is 2.85 bits per heavy atom. The zero-order chi connectivity index (χ0) is 14.5. The van der Waals surface area contributed by atoms with E-state index in [9.17, 15) is 4.79 Å². The van der Waals surface area contributed by atoms with E-state index in [1.165, 1.54) is 11.5 Å². The van der Waals surface area contributed by atoms with Crippen LogP contribution in [0.1, 0.15) is 32.0 Å². The maximum atomic E-state index is 12.1. The van der Waals surface area contributed by atoms with Gasteiger partial charge in [-0.1, -0.05) is 0 Å². The lowest BCUT2D eigenvalue weighted by Crippen LogP contribution is -2.35. The van der Waals surface area contributed by atoms with Gasteiger partial charge in [0.25, 0.3) is 0 Å². The van der Waals surface area contributed by atoms with E-state index in [4.69, 9.17) is 5.73 Å². The molecule has 0 bridgehead atoms. The van der Waals surface area contributed by atoms with Crippen LogP contribution in [-0.2, 0) is 4.79 Å². The van der Waals surface area contributed by atoms with Crippen LogP contribution in [0.3, 0.4) is 0 Å². The third-order valence-electron chi connectivity index (χ3n) is 3.45. The second kappa shape index (κ2) is 6.99. The van der Waals surface area contributed by atoms with Crippen LogP contribution >= 0.6 is 11.5 Å². The highest BCUT2D eigenvalue weighted by atomic mass is 32.1. The minimum absolute atomic E-state index is 0.0896. The normalized spacial score (nSPS) is 17.9. The third kappa shape index (κ3) is 4.14. The Bertz CT molecular complexity index is 448. The number of carbonyl (C=O) groups is 1. The Morgan fingerprint density at radius 1 is 1.40 bits per heavy atom. The summed E-state index contributed by atoms with van der Waals surface area (Å²) in [7, 11) is 0. The molecule has 1 saturated heterocycles. The second-order valence-electron chi connectivity index (χ2n) is 5.36. The molecule has 1 aromatic rings. The Morgan fingerprint density at radius 2 is 2.20 bits per heavy atom. The fourth-order valence-corrected chi connectivity index (χ4v) is 3.01. The first-order chi connectivity index (χ1) is 9.56. The van der Waals surface area contributed by atoms with E-state index in [0.29, 0.717) is 6.42 Å². The van der Waals surface area contributed by atoms with Crippen LogP contribution in [0, 0.1) is 6.92 Å². The Labute approximate surface area is 124 Å². The van der Waals surface area contributed by atoms with E-state index in [-0.39, 0.29) is 11.9 Å². The highest BCUT2D eigenvalue weighted by Gasteiger charge is 2.20.